The molecule has 44 heavy (non-hydrogen) atoms. The molecular formula is C30H27F4N7O3. The fourth-order valence-corrected chi connectivity index (χ4v) is 5.27. The number of nitrogens with zero attached hydrogens (tertiary/aromatic N) is 4. The third-order valence-electron chi connectivity index (χ3n) is 7.73. The van der Waals surface area contributed by atoms with Crippen molar-refractivity contribution in [2.45, 2.75) is 44.1 Å². The van der Waals surface area contributed by atoms with Gasteiger partial charge in [0.25, 0.3) is 5.56 Å². The summed E-state index contributed by atoms with van der Waals surface area (Å²) in [7, 11) is 0. The molecule has 10 nitrogen and oxygen atoms in total. The Balaban J connectivity index is 1.37. The van der Waals surface area contributed by atoms with Gasteiger partial charge in [0.1, 0.15) is 11.6 Å². The van der Waals surface area contributed by atoms with Crippen molar-refractivity contribution in [3.8, 4) is 5.69 Å². The number of anilines is 2. The van der Waals surface area contributed by atoms with E-state index in [4.69, 9.17) is 5.73 Å². The second-order valence-corrected chi connectivity index (χ2v) is 10.8. The van der Waals surface area contributed by atoms with Crippen molar-refractivity contribution < 1.29 is 22.7 Å². The van der Waals surface area contributed by atoms with E-state index >= 15 is 4.39 Å². The predicted molar refractivity (Wildman–Crippen MR) is 155 cm³/mol. The van der Waals surface area contributed by atoms with Crippen molar-refractivity contribution in [2.75, 3.05) is 11.1 Å². The molecule has 0 amide bonds. The van der Waals surface area contributed by atoms with Crippen molar-refractivity contribution in [3.05, 3.63) is 111 Å². The Morgan fingerprint density at radius 1 is 1.09 bits per heavy atom. The highest BCUT2D eigenvalue weighted by Crippen LogP contribution is 2.38. The summed E-state index contributed by atoms with van der Waals surface area (Å²) in [6.45, 7) is 0. The van der Waals surface area contributed by atoms with E-state index in [1.807, 2.05) is 0 Å². The quantitative estimate of drug-likeness (QED) is 0.138. The van der Waals surface area contributed by atoms with Crippen LogP contribution in [-0.4, -0.2) is 29.4 Å². The van der Waals surface area contributed by atoms with Crippen LogP contribution in [0.3, 0.4) is 0 Å². The zero-order valence-corrected chi connectivity index (χ0v) is 23.1. The molecule has 0 aliphatic heterocycles. The smallest absolute Gasteiger partial charge is 0.383 e. The van der Waals surface area contributed by atoms with E-state index in [1.165, 1.54) is 47.3 Å². The highest BCUT2D eigenvalue weighted by molar-refractivity contribution is 5.92. The van der Waals surface area contributed by atoms with Crippen LogP contribution >= 0.6 is 0 Å². The summed E-state index contributed by atoms with van der Waals surface area (Å²) in [6.07, 6.45) is -0.346. The molecule has 1 fully saturated rings. The lowest BCUT2D eigenvalue weighted by molar-refractivity contribution is -0.141. The molecule has 0 spiro atoms. The molecule has 3 aromatic heterocycles. The lowest BCUT2D eigenvalue weighted by Gasteiger charge is -2.22. The molecule has 6 rings (SSSR count). The first-order valence-corrected chi connectivity index (χ1v) is 13.9. The normalized spacial score (nSPS) is 14.9. The lowest BCUT2D eigenvalue weighted by Crippen LogP contribution is -2.32. The number of aliphatic hydroxyl groups excluding tert-OH is 1. The summed E-state index contributed by atoms with van der Waals surface area (Å²) in [5.74, 6) is -0.112. The Hall–Kier alpha value is -4.98. The number of halogens is 4. The standard InChI is InChI=1S/C30H27F4N7O3/c31-21-7-5-18(23(8-3-16-1-2-16)40-12-10-26(42)38-29(40)44)13-22(21)37-28(43)24-15-25(30(32,33)34)39-41(24)19-6-4-17-9-11-36-27(35)20(17)14-19/h4-7,9-16,23,28,37,43H,1-3,8H2,(H2,35,36)(H,38,42,44). The summed E-state index contributed by atoms with van der Waals surface area (Å²) >= 11 is 0. The molecule has 5 N–H and O–H groups in total. The SMILES string of the molecule is Nc1nccc2ccc(-n3nc(C(F)(F)F)cc3C(O)Nc3cc(C(CCC4CC4)n4ccc(=O)[nH]c4=O)ccc3F)cc12. The molecule has 1 saturated carbocycles. The summed E-state index contributed by atoms with van der Waals surface area (Å²) in [4.78, 5) is 30.6. The van der Waals surface area contributed by atoms with E-state index in [0.29, 0.717) is 34.7 Å². The molecule has 14 heteroatoms. The van der Waals surface area contributed by atoms with Gasteiger partial charge in [0.05, 0.1) is 23.1 Å². The monoisotopic (exact) mass is 609 g/mol. The number of nitrogen functional groups attached to an aromatic ring is 1. The maximum absolute atomic E-state index is 15.1. The zero-order valence-electron chi connectivity index (χ0n) is 23.1. The van der Waals surface area contributed by atoms with Gasteiger partial charge in [-0.2, -0.15) is 18.3 Å². The molecule has 0 bridgehead atoms. The Kier molecular flexibility index (Phi) is 7.45. The van der Waals surface area contributed by atoms with Gasteiger partial charge in [-0.25, -0.2) is 18.9 Å². The first-order chi connectivity index (χ1) is 21.0. The number of benzene rings is 2. The first kappa shape index (κ1) is 29.1. The van der Waals surface area contributed by atoms with Crippen molar-refractivity contribution in [1.82, 2.24) is 24.3 Å². The minimum Gasteiger partial charge on any atom is -0.383 e. The Morgan fingerprint density at radius 2 is 1.89 bits per heavy atom. The van der Waals surface area contributed by atoms with Crippen LogP contribution < -0.4 is 22.3 Å². The Bertz CT molecular complexity index is 1960. The van der Waals surface area contributed by atoms with E-state index in [2.05, 4.69) is 20.4 Å². The van der Waals surface area contributed by atoms with Crippen LogP contribution in [0.2, 0.25) is 0 Å². The molecule has 0 radical (unpaired) electrons. The minimum absolute atomic E-state index is 0.157. The van der Waals surface area contributed by atoms with E-state index in [1.54, 1.807) is 12.1 Å². The summed E-state index contributed by atoms with van der Waals surface area (Å²) in [5.41, 5.74) is 3.65. The van der Waals surface area contributed by atoms with Crippen LogP contribution in [0.1, 0.15) is 54.9 Å². The summed E-state index contributed by atoms with van der Waals surface area (Å²) in [6, 6.07) is 11.7. The van der Waals surface area contributed by atoms with Gasteiger partial charge < -0.3 is 16.2 Å². The van der Waals surface area contributed by atoms with E-state index in [0.717, 1.165) is 30.0 Å². The van der Waals surface area contributed by atoms with Gasteiger partial charge in [-0.3, -0.25) is 14.3 Å². The number of nitrogens with one attached hydrogen (secondary N) is 2. The number of rotatable bonds is 9. The van der Waals surface area contributed by atoms with E-state index in [-0.39, 0.29) is 22.9 Å². The van der Waals surface area contributed by atoms with Gasteiger partial charge >= 0.3 is 11.9 Å². The molecule has 2 aromatic carbocycles. The number of H-pyrrole nitrogens is 1. The molecule has 0 saturated heterocycles. The van der Waals surface area contributed by atoms with Crippen LogP contribution in [0.5, 0.6) is 0 Å². The highest BCUT2D eigenvalue weighted by Gasteiger charge is 2.36. The van der Waals surface area contributed by atoms with E-state index < -0.39 is 41.2 Å². The highest BCUT2D eigenvalue weighted by atomic mass is 19.4. The van der Waals surface area contributed by atoms with Crippen molar-refractivity contribution in [1.29, 1.82) is 0 Å². The zero-order chi connectivity index (χ0) is 31.2. The van der Waals surface area contributed by atoms with E-state index in [9.17, 15) is 27.9 Å². The second-order valence-electron chi connectivity index (χ2n) is 10.8. The van der Waals surface area contributed by atoms with Crippen molar-refractivity contribution in [3.63, 3.8) is 0 Å². The van der Waals surface area contributed by atoms with Crippen LogP contribution in [0.25, 0.3) is 16.5 Å². The molecule has 1 aliphatic rings. The topological polar surface area (TPSA) is 144 Å². The number of fused-ring (bicyclic) bond motifs is 1. The number of aromatic nitrogens is 5. The maximum atomic E-state index is 15.1. The number of alkyl halides is 3. The molecule has 228 valence electrons. The van der Waals surface area contributed by atoms with Crippen LogP contribution in [-0.2, 0) is 6.18 Å². The molecule has 1 aliphatic carbocycles. The Labute approximate surface area is 246 Å². The number of hydrogen-bond acceptors (Lipinski definition) is 7. The molecule has 3 heterocycles. The van der Waals surface area contributed by atoms with Gasteiger partial charge in [0.15, 0.2) is 11.9 Å². The van der Waals surface area contributed by atoms with Gasteiger partial charge in [0, 0.05) is 23.8 Å². The van der Waals surface area contributed by atoms with Gasteiger partial charge in [-0.05, 0) is 66.1 Å². The Morgan fingerprint density at radius 3 is 2.61 bits per heavy atom. The number of hydrogen-bond donors (Lipinski definition) is 4. The van der Waals surface area contributed by atoms with Crippen LogP contribution in [0.4, 0.5) is 29.1 Å². The van der Waals surface area contributed by atoms with Crippen LogP contribution in [0, 0.1) is 11.7 Å². The average Bonchev–Trinajstić information content (AvgIpc) is 3.69. The first-order valence-electron chi connectivity index (χ1n) is 13.9. The summed E-state index contributed by atoms with van der Waals surface area (Å²) in [5, 5.41) is 18.6. The second kappa shape index (κ2) is 11.3. The third-order valence-corrected chi connectivity index (χ3v) is 7.73. The maximum Gasteiger partial charge on any atom is 0.435 e. The molecule has 5 aromatic rings. The van der Waals surface area contributed by atoms with Gasteiger partial charge in [-0.15, -0.1) is 0 Å². The fourth-order valence-electron chi connectivity index (χ4n) is 5.27. The van der Waals surface area contributed by atoms with Crippen molar-refractivity contribution in [2.24, 2.45) is 5.92 Å². The fraction of sp³-hybridized carbons (Fsp3) is 0.267. The lowest BCUT2D eigenvalue weighted by atomic mass is 9.99. The number of nitrogens with two attached hydrogens (primary N) is 1. The van der Waals surface area contributed by atoms with Crippen LogP contribution in [0.15, 0.2) is 76.6 Å². The third kappa shape index (κ3) is 5.93. The van der Waals surface area contributed by atoms with Gasteiger partial charge in [0.2, 0.25) is 0 Å². The average molecular weight is 610 g/mol. The minimum atomic E-state index is -4.83. The van der Waals surface area contributed by atoms with Crippen molar-refractivity contribution >= 4 is 22.3 Å². The largest absolute Gasteiger partial charge is 0.435 e. The molecular weight excluding hydrogens is 582 g/mol. The summed E-state index contributed by atoms with van der Waals surface area (Å²) < 4.78 is 58.6. The number of pyridine rings is 1. The number of aliphatic hydroxyl groups is 1. The molecule has 2 atom stereocenters. The molecule has 2 unspecified atom stereocenters. The number of aromatic amines is 1. The van der Waals surface area contributed by atoms with Gasteiger partial charge in [-0.1, -0.05) is 25.0 Å². The predicted octanol–water partition coefficient (Wildman–Crippen LogP) is 4.89.